The van der Waals surface area contributed by atoms with Crippen molar-refractivity contribution in [2.75, 3.05) is 0 Å². The van der Waals surface area contributed by atoms with Gasteiger partial charge in [0.05, 0.1) is 0 Å². The van der Waals surface area contributed by atoms with Gasteiger partial charge in [0.15, 0.2) is 11.2 Å². The molecule has 1 saturated carbocycles. The third kappa shape index (κ3) is 1.10. The molecule has 1 aliphatic carbocycles. The number of aliphatic hydroxyl groups is 2. The second-order valence-electron chi connectivity index (χ2n) is 3.22. The molecule has 2 heteroatoms. The van der Waals surface area contributed by atoms with Crippen LogP contribution in [0.4, 0.5) is 0 Å². The Morgan fingerprint density at radius 2 is 1.25 bits per heavy atom. The number of hydrogen-bond donors (Lipinski definition) is 2. The third-order valence-corrected chi connectivity index (χ3v) is 2.49. The molecule has 0 aliphatic heterocycles. The van der Waals surface area contributed by atoms with E-state index in [4.69, 9.17) is 12.8 Å². The van der Waals surface area contributed by atoms with Crippen LogP contribution in [-0.2, 0) is 0 Å². The summed E-state index contributed by atoms with van der Waals surface area (Å²) in [7, 11) is 0. The van der Waals surface area contributed by atoms with Gasteiger partial charge in [-0.2, -0.15) is 0 Å². The molecule has 1 rings (SSSR count). The van der Waals surface area contributed by atoms with Gasteiger partial charge in [0.1, 0.15) is 0 Å². The predicted molar refractivity (Wildman–Crippen MR) is 46.0 cm³/mol. The minimum Gasteiger partial charge on any atom is -0.374 e. The van der Waals surface area contributed by atoms with E-state index in [1.54, 1.807) is 0 Å². The van der Waals surface area contributed by atoms with Crippen molar-refractivity contribution >= 4 is 0 Å². The highest BCUT2D eigenvalue weighted by Crippen LogP contribution is 2.36. The van der Waals surface area contributed by atoms with Crippen molar-refractivity contribution in [2.45, 2.75) is 36.9 Å². The average molecular weight is 164 g/mol. The van der Waals surface area contributed by atoms with Crippen LogP contribution in [0.15, 0.2) is 0 Å². The molecule has 1 aliphatic rings. The molecule has 0 bridgehead atoms. The van der Waals surface area contributed by atoms with Gasteiger partial charge in [-0.3, -0.25) is 0 Å². The minimum atomic E-state index is -1.53. The first-order valence-electron chi connectivity index (χ1n) is 3.98. The molecule has 0 unspecified atom stereocenters. The zero-order valence-electron chi connectivity index (χ0n) is 6.88. The van der Waals surface area contributed by atoms with Crippen LogP contribution in [0.1, 0.15) is 25.7 Å². The highest BCUT2D eigenvalue weighted by atomic mass is 16.4. The van der Waals surface area contributed by atoms with Gasteiger partial charge in [-0.25, -0.2) is 0 Å². The molecule has 0 amide bonds. The van der Waals surface area contributed by atoms with E-state index in [0.717, 1.165) is 12.8 Å². The second-order valence-corrected chi connectivity index (χ2v) is 3.22. The Morgan fingerprint density at radius 3 is 1.50 bits per heavy atom. The fourth-order valence-electron chi connectivity index (χ4n) is 1.56. The Bertz CT molecular complexity index is 230. The Kier molecular flexibility index (Phi) is 2.15. The quantitative estimate of drug-likeness (QED) is 0.505. The Labute approximate surface area is 72.6 Å². The Morgan fingerprint density at radius 1 is 0.917 bits per heavy atom. The first kappa shape index (κ1) is 9.13. The van der Waals surface area contributed by atoms with E-state index in [9.17, 15) is 10.2 Å². The lowest BCUT2D eigenvalue weighted by molar-refractivity contribution is -0.104. The van der Waals surface area contributed by atoms with E-state index in [1.807, 2.05) is 0 Å². The average Bonchev–Trinajstić information content (AvgIpc) is 2.10. The molecule has 0 heterocycles. The van der Waals surface area contributed by atoms with Gasteiger partial charge in [-0.1, -0.05) is 11.8 Å². The maximum Gasteiger partial charge on any atom is 0.164 e. The van der Waals surface area contributed by atoms with Gasteiger partial charge in [-0.05, 0) is 25.7 Å². The van der Waals surface area contributed by atoms with Gasteiger partial charge in [0.25, 0.3) is 0 Å². The first-order valence-corrected chi connectivity index (χ1v) is 3.98. The van der Waals surface area contributed by atoms with Crippen molar-refractivity contribution in [3.8, 4) is 24.7 Å². The summed E-state index contributed by atoms with van der Waals surface area (Å²) in [6.07, 6.45) is 12.6. The molecule has 12 heavy (non-hydrogen) atoms. The van der Waals surface area contributed by atoms with Crippen molar-refractivity contribution in [2.24, 2.45) is 0 Å². The SMILES string of the molecule is C#C[C@]1(O)CCCC[C@@]1(O)C#C. The summed E-state index contributed by atoms with van der Waals surface area (Å²) in [5.41, 5.74) is -3.06. The van der Waals surface area contributed by atoms with Gasteiger partial charge in [0, 0.05) is 0 Å². The summed E-state index contributed by atoms with van der Waals surface area (Å²) in [6.45, 7) is 0. The number of rotatable bonds is 0. The second kappa shape index (κ2) is 2.83. The summed E-state index contributed by atoms with van der Waals surface area (Å²) >= 11 is 0. The van der Waals surface area contributed by atoms with Crippen molar-refractivity contribution in [3.63, 3.8) is 0 Å². The van der Waals surface area contributed by atoms with E-state index < -0.39 is 11.2 Å². The maximum atomic E-state index is 9.77. The highest BCUT2D eigenvalue weighted by molar-refractivity contribution is 5.28. The summed E-state index contributed by atoms with van der Waals surface area (Å²) in [5, 5.41) is 19.5. The predicted octanol–water partition coefficient (Wildman–Crippen LogP) is 0.289. The molecule has 2 atom stereocenters. The van der Waals surface area contributed by atoms with Crippen LogP contribution >= 0.6 is 0 Å². The summed E-state index contributed by atoms with van der Waals surface area (Å²) < 4.78 is 0. The fraction of sp³-hybridized carbons (Fsp3) is 0.600. The van der Waals surface area contributed by atoms with Crippen LogP contribution in [-0.4, -0.2) is 21.4 Å². The Balaban J connectivity index is 2.99. The monoisotopic (exact) mass is 164 g/mol. The van der Waals surface area contributed by atoms with Crippen molar-refractivity contribution < 1.29 is 10.2 Å². The van der Waals surface area contributed by atoms with E-state index in [2.05, 4.69) is 11.8 Å². The number of hydrogen-bond acceptors (Lipinski definition) is 2. The van der Waals surface area contributed by atoms with E-state index in [0.29, 0.717) is 12.8 Å². The molecule has 0 aromatic heterocycles. The van der Waals surface area contributed by atoms with Gasteiger partial charge in [0.2, 0.25) is 0 Å². The molecule has 0 aromatic rings. The molecule has 0 radical (unpaired) electrons. The standard InChI is InChI=1S/C10H12O2/c1-3-9(11)7-5-6-8-10(9,12)4-2/h1-2,11-12H,5-8H2/t9-,10-/m0/s1. The summed E-state index contributed by atoms with van der Waals surface area (Å²) in [6, 6.07) is 0. The van der Waals surface area contributed by atoms with Crippen LogP contribution in [0.2, 0.25) is 0 Å². The zero-order chi connectivity index (χ0) is 9.24. The fourth-order valence-corrected chi connectivity index (χ4v) is 1.56. The molecule has 2 nitrogen and oxygen atoms in total. The van der Waals surface area contributed by atoms with Crippen LogP contribution in [0.5, 0.6) is 0 Å². The topological polar surface area (TPSA) is 40.5 Å². The summed E-state index contributed by atoms with van der Waals surface area (Å²) in [5.74, 6) is 4.37. The smallest absolute Gasteiger partial charge is 0.164 e. The highest BCUT2D eigenvalue weighted by Gasteiger charge is 2.48. The minimum absolute atomic E-state index is 0.379. The molecular weight excluding hydrogens is 152 g/mol. The van der Waals surface area contributed by atoms with Gasteiger partial charge in [-0.15, -0.1) is 12.8 Å². The molecule has 0 aromatic carbocycles. The van der Waals surface area contributed by atoms with Crippen LogP contribution < -0.4 is 0 Å². The van der Waals surface area contributed by atoms with Crippen LogP contribution in [0.25, 0.3) is 0 Å². The molecule has 0 spiro atoms. The molecule has 64 valence electrons. The third-order valence-electron chi connectivity index (χ3n) is 2.49. The Hall–Kier alpha value is -0.960. The van der Waals surface area contributed by atoms with Crippen LogP contribution in [0.3, 0.4) is 0 Å². The van der Waals surface area contributed by atoms with Crippen LogP contribution in [0, 0.1) is 24.7 Å². The van der Waals surface area contributed by atoms with E-state index in [1.165, 1.54) is 0 Å². The normalized spacial score (nSPS) is 41.3. The molecule has 0 saturated heterocycles. The largest absolute Gasteiger partial charge is 0.374 e. The molecule has 2 N–H and O–H groups in total. The molecule has 1 fully saturated rings. The van der Waals surface area contributed by atoms with Gasteiger partial charge >= 0.3 is 0 Å². The zero-order valence-corrected chi connectivity index (χ0v) is 6.88. The van der Waals surface area contributed by atoms with Crippen molar-refractivity contribution in [1.29, 1.82) is 0 Å². The van der Waals surface area contributed by atoms with Gasteiger partial charge < -0.3 is 10.2 Å². The lowest BCUT2D eigenvalue weighted by atomic mass is 9.72. The number of terminal acetylenes is 2. The first-order chi connectivity index (χ1) is 5.58. The van der Waals surface area contributed by atoms with E-state index >= 15 is 0 Å². The van der Waals surface area contributed by atoms with E-state index in [-0.39, 0.29) is 0 Å². The lowest BCUT2D eigenvalue weighted by Gasteiger charge is -2.39. The van der Waals surface area contributed by atoms with Crippen molar-refractivity contribution in [1.82, 2.24) is 0 Å². The molecular formula is C10H12O2. The summed E-state index contributed by atoms with van der Waals surface area (Å²) in [4.78, 5) is 0. The van der Waals surface area contributed by atoms with Crippen molar-refractivity contribution in [3.05, 3.63) is 0 Å². The lowest BCUT2D eigenvalue weighted by Crippen LogP contribution is -2.54. The maximum absolute atomic E-state index is 9.77.